The fourth-order valence-corrected chi connectivity index (χ4v) is 5.04. The zero-order valence-corrected chi connectivity index (χ0v) is 20.4. The summed E-state index contributed by atoms with van der Waals surface area (Å²) in [7, 11) is 0. The van der Waals surface area contributed by atoms with Crippen molar-refractivity contribution in [1.82, 2.24) is 0 Å². The summed E-state index contributed by atoms with van der Waals surface area (Å²) in [6, 6.07) is 8.99. The minimum Gasteiger partial charge on any atom is -0.397 e. The number of halogens is 2. The molecule has 4 N–H and O–H groups in total. The van der Waals surface area contributed by atoms with Crippen LogP contribution in [0.4, 0.5) is 11.4 Å². The van der Waals surface area contributed by atoms with E-state index in [1.165, 1.54) is 21.9 Å². The molecule has 0 bridgehead atoms. The molecule has 2 nitrogen and oxygen atoms in total. The molecule has 0 atom stereocenters. The minimum atomic E-state index is 0.0109. The number of nitrogen functional groups attached to an aromatic ring is 2. The van der Waals surface area contributed by atoms with Gasteiger partial charge in [0.05, 0.1) is 11.4 Å². The van der Waals surface area contributed by atoms with Crippen molar-refractivity contribution in [2.75, 3.05) is 11.5 Å². The van der Waals surface area contributed by atoms with E-state index in [1.807, 2.05) is 0 Å². The SMILES string of the molecule is CC(C)(C)c1cc2c(N)c(Br)c3cc(C(C)(C)C)cc4c(N)c(Br)c(c1)c2c43. The highest BCUT2D eigenvalue weighted by molar-refractivity contribution is 9.11. The van der Waals surface area contributed by atoms with Crippen LogP contribution in [0.15, 0.2) is 33.2 Å². The van der Waals surface area contributed by atoms with Gasteiger partial charge in [0, 0.05) is 30.5 Å². The van der Waals surface area contributed by atoms with Crippen molar-refractivity contribution in [2.45, 2.75) is 52.4 Å². The lowest BCUT2D eigenvalue weighted by Gasteiger charge is -2.26. The Morgan fingerprint density at radius 2 is 0.857 bits per heavy atom. The molecule has 0 aliphatic carbocycles. The molecule has 0 unspecified atom stereocenters. The van der Waals surface area contributed by atoms with Gasteiger partial charge in [-0.1, -0.05) is 41.5 Å². The Balaban J connectivity index is 2.35. The van der Waals surface area contributed by atoms with Gasteiger partial charge in [-0.25, -0.2) is 0 Å². The third-order valence-corrected chi connectivity index (χ3v) is 7.49. The largest absolute Gasteiger partial charge is 0.397 e. The predicted octanol–water partition coefficient (Wildman–Crippen LogP) is 7.87. The molecule has 0 radical (unpaired) electrons. The molecule has 0 saturated carbocycles. The van der Waals surface area contributed by atoms with Crippen LogP contribution < -0.4 is 11.5 Å². The second-order valence-corrected chi connectivity index (χ2v) is 11.4. The molecule has 0 spiro atoms. The van der Waals surface area contributed by atoms with E-state index in [-0.39, 0.29) is 10.8 Å². The monoisotopic (exact) mass is 500 g/mol. The van der Waals surface area contributed by atoms with Crippen LogP contribution in [-0.2, 0) is 10.8 Å². The molecule has 4 heteroatoms. The quantitative estimate of drug-likeness (QED) is 0.190. The van der Waals surface area contributed by atoms with E-state index < -0.39 is 0 Å². The summed E-state index contributed by atoms with van der Waals surface area (Å²) in [6.07, 6.45) is 0. The van der Waals surface area contributed by atoms with Gasteiger partial charge in [0.15, 0.2) is 0 Å². The Labute approximate surface area is 183 Å². The highest BCUT2D eigenvalue weighted by Crippen LogP contribution is 2.50. The number of benzene rings is 4. The van der Waals surface area contributed by atoms with Crippen LogP contribution in [0, 0.1) is 0 Å². The topological polar surface area (TPSA) is 52.0 Å². The van der Waals surface area contributed by atoms with Crippen LogP contribution in [-0.4, -0.2) is 0 Å². The van der Waals surface area contributed by atoms with Crippen LogP contribution in [0.25, 0.3) is 32.3 Å². The summed E-state index contributed by atoms with van der Waals surface area (Å²) in [5, 5.41) is 6.77. The Hall–Kier alpha value is -1.52. The molecule has 0 aliphatic heterocycles. The Morgan fingerprint density at radius 1 is 0.571 bits per heavy atom. The van der Waals surface area contributed by atoms with E-state index >= 15 is 0 Å². The first-order chi connectivity index (χ1) is 12.8. The van der Waals surface area contributed by atoms with Crippen molar-refractivity contribution in [3.05, 3.63) is 44.3 Å². The molecular weight excluding hydrogens is 476 g/mol. The zero-order chi connectivity index (χ0) is 20.8. The van der Waals surface area contributed by atoms with Gasteiger partial charge >= 0.3 is 0 Å². The fraction of sp³-hybridized carbons (Fsp3) is 0.333. The van der Waals surface area contributed by atoms with Crippen LogP contribution in [0.5, 0.6) is 0 Å². The molecule has 4 aromatic carbocycles. The number of hydrogen-bond donors (Lipinski definition) is 2. The summed E-state index contributed by atoms with van der Waals surface area (Å²) in [5.74, 6) is 0. The van der Waals surface area contributed by atoms with Crippen LogP contribution in [0.2, 0.25) is 0 Å². The maximum Gasteiger partial charge on any atom is 0.0545 e. The molecule has 0 amide bonds. The molecule has 4 rings (SSSR count). The van der Waals surface area contributed by atoms with Gasteiger partial charge in [-0.2, -0.15) is 0 Å². The molecular formula is C24H26Br2N2. The van der Waals surface area contributed by atoms with Gasteiger partial charge in [-0.15, -0.1) is 0 Å². The average Bonchev–Trinajstić information content (AvgIpc) is 2.60. The van der Waals surface area contributed by atoms with Crippen molar-refractivity contribution >= 4 is 75.6 Å². The molecule has 146 valence electrons. The van der Waals surface area contributed by atoms with Gasteiger partial charge in [0.2, 0.25) is 0 Å². The van der Waals surface area contributed by atoms with Crippen molar-refractivity contribution in [2.24, 2.45) is 0 Å². The average molecular weight is 502 g/mol. The summed E-state index contributed by atoms with van der Waals surface area (Å²) < 4.78 is 1.90. The van der Waals surface area contributed by atoms with Crippen molar-refractivity contribution in [3.8, 4) is 0 Å². The zero-order valence-electron chi connectivity index (χ0n) is 17.2. The highest BCUT2D eigenvalue weighted by atomic mass is 79.9. The summed E-state index contributed by atoms with van der Waals surface area (Å²) in [5.41, 5.74) is 17.4. The summed E-state index contributed by atoms with van der Waals surface area (Å²) >= 11 is 7.60. The Bertz CT molecular complexity index is 1080. The Morgan fingerprint density at radius 3 is 1.14 bits per heavy atom. The molecule has 0 heterocycles. The smallest absolute Gasteiger partial charge is 0.0545 e. The maximum absolute atomic E-state index is 6.67. The predicted molar refractivity (Wildman–Crippen MR) is 132 cm³/mol. The number of nitrogens with two attached hydrogens (primary N) is 2. The van der Waals surface area contributed by atoms with Gasteiger partial charge < -0.3 is 11.5 Å². The first-order valence-corrected chi connectivity index (χ1v) is 11.1. The normalized spacial score (nSPS) is 13.3. The van der Waals surface area contributed by atoms with Gasteiger partial charge in [-0.3, -0.25) is 0 Å². The van der Waals surface area contributed by atoms with E-state index in [9.17, 15) is 0 Å². The van der Waals surface area contributed by atoms with Gasteiger partial charge in [0.1, 0.15) is 0 Å². The standard InChI is InChI=1S/C24H26Br2N2/c1-23(2,3)11-7-13-17-15(9-11)21(27)20(26)14-8-12(24(4,5)6)10-16(18(14)17)22(28)19(13)25/h7-10H,27-28H2,1-6H3. The second kappa shape index (κ2) is 5.99. The Kier molecular flexibility index (Phi) is 4.23. The lowest BCUT2D eigenvalue weighted by Crippen LogP contribution is -2.13. The molecule has 28 heavy (non-hydrogen) atoms. The molecule has 4 aromatic rings. The van der Waals surface area contributed by atoms with E-state index in [4.69, 9.17) is 11.5 Å². The fourth-order valence-electron chi connectivity index (χ4n) is 3.99. The molecule has 0 aliphatic rings. The van der Waals surface area contributed by atoms with Crippen LogP contribution in [0.1, 0.15) is 52.7 Å². The van der Waals surface area contributed by atoms with Crippen LogP contribution in [0.3, 0.4) is 0 Å². The number of hydrogen-bond acceptors (Lipinski definition) is 2. The molecule has 0 aromatic heterocycles. The third kappa shape index (κ3) is 2.72. The maximum atomic E-state index is 6.67. The molecule has 0 saturated heterocycles. The van der Waals surface area contributed by atoms with E-state index in [0.717, 1.165) is 41.9 Å². The first-order valence-electron chi connectivity index (χ1n) is 9.51. The number of anilines is 2. The van der Waals surface area contributed by atoms with E-state index in [1.54, 1.807) is 0 Å². The summed E-state index contributed by atoms with van der Waals surface area (Å²) in [6.45, 7) is 13.3. The lowest BCUT2D eigenvalue weighted by molar-refractivity contribution is 0.591. The highest BCUT2D eigenvalue weighted by Gasteiger charge is 2.25. The first kappa shape index (κ1) is 19.8. The van der Waals surface area contributed by atoms with Crippen molar-refractivity contribution < 1.29 is 0 Å². The van der Waals surface area contributed by atoms with E-state index in [0.29, 0.717) is 0 Å². The van der Waals surface area contributed by atoms with E-state index in [2.05, 4.69) is 97.7 Å². The van der Waals surface area contributed by atoms with Gasteiger partial charge in [0.25, 0.3) is 0 Å². The molecule has 0 fully saturated rings. The second-order valence-electron chi connectivity index (χ2n) is 9.85. The van der Waals surface area contributed by atoms with Crippen molar-refractivity contribution in [3.63, 3.8) is 0 Å². The van der Waals surface area contributed by atoms with Crippen molar-refractivity contribution in [1.29, 1.82) is 0 Å². The minimum absolute atomic E-state index is 0.0109. The summed E-state index contributed by atoms with van der Waals surface area (Å²) in [4.78, 5) is 0. The number of rotatable bonds is 0. The lowest BCUT2D eigenvalue weighted by atomic mass is 9.80. The van der Waals surface area contributed by atoms with Crippen LogP contribution >= 0.6 is 31.9 Å². The third-order valence-electron chi connectivity index (χ3n) is 5.78. The van der Waals surface area contributed by atoms with Gasteiger partial charge in [-0.05, 0) is 88.9 Å².